The fourth-order valence-corrected chi connectivity index (χ4v) is 7.74. The second-order valence-electron chi connectivity index (χ2n) is 10.5. The molecule has 5 rings (SSSR count). The van der Waals surface area contributed by atoms with Crippen molar-refractivity contribution in [3.63, 3.8) is 0 Å². The number of aliphatic hydroxyl groups excluding tert-OH is 1. The van der Waals surface area contributed by atoms with Gasteiger partial charge in [-0.2, -0.15) is 0 Å². The number of aliphatic hydroxyl groups is 1. The number of fused-ring (bicyclic) bond motifs is 5. The van der Waals surface area contributed by atoms with E-state index in [-0.39, 0.29) is 11.5 Å². The monoisotopic (exact) mass is 380 g/mol. The van der Waals surface area contributed by atoms with E-state index in [1.54, 1.807) is 5.57 Å². The highest BCUT2D eigenvalue weighted by Gasteiger charge is 2.59. The maximum absolute atomic E-state index is 10.3. The Labute approximate surface area is 170 Å². The molecule has 7 atom stereocenters. The number of rotatable bonds is 2. The zero-order chi connectivity index (χ0) is 19.5. The van der Waals surface area contributed by atoms with E-state index in [2.05, 4.69) is 48.9 Å². The van der Waals surface area contributed by atoms with Crippen molar-refractivity contribution in [3.05, 3.63) is 35.7 Å². The van der Waals surface area contributed by atoms with E-state index in [0.29, 0.717) is 11.3 Å². The molecule has 0 radical (unpaired) electrons. The zero-order valence-electron chi connectivity index (χ0n) is 17.8. The van der Waals surface area contributed by atoms with Crippen LogP contribution in [0.2, 0.25) is 0 Å². The largest absolute Gasteiger partial charge is 0.393 e. The van der Waals surface area contributed by atoms with Crippen molar-refractivity contribution in [2.24, 2.45) is 39.5 Å². The fourth-order valence-electron chi connectivity index (χ4n) is 7.74. The summed E-state index contributed by atoms with van der Waals surface area (Å²) < 4.78 is 0. The summed E-state index contributed by atoms with van der Waals surface area (Å²) in [4.78, 5) is 6.80. The number of nitrogens with zero attached hydrogens (tertiary/aromatic N) is 2. The molecular weight excluding hydrogens is 344 g/mol. The second kappa shape index (κ2) is 6.58. The van der Waals surface area contributed by atoms with Crippen LogP contribution in [-0.4, -0.2) is 29.0 Å². The maximum Gasteiger partial charge on any atom is 0.0949 e. The SMILES string of the molecule is CC[C@@H]1C=C2C[C@@H](O)CC[C@]2(C)[C@H]2CC[C@]3(C)C(N4C=NC=CC4)=CC[C@H]3[C@H]12. The zero-order valence-corrected chi connectivity index (χ0v) is 17.8. The van der Waals surface area contributed by atoms with Crippen molar-refractivity contribution in [2.45, 2.75) is 71.8 Å². The average Bonchev–Trinajstić information content (AvgIpc) is 3.06. The smallest absolute Gasteiger partial charge is 0.0949 e. The molecule has 0 amide bonds. The Hall–Kier alpha value is -1.35. The first kappa shape index (κ1) is 18.7. The van der Waals surface area contributed by atoms with Crippen LogP contribution in [0.5, 0.6) is 0 Å². The molecule has 0 aromatic carbocycles. The van der Waals surface area contributed by atoms with E-state index in [0.717, 1.165) is 37.1 Å². The normalized spacial score (nSPS) is 47.1. The lowest BCUT2D eigenvalue weighted by atomic mass is 9.45. The molecule has 152 valence electrons. The van der Waals surface area contributed by atoms with Crippen LogP contribution >= 0.6 is 0 Å². The summed E-state index contributed by atoms with van der Waals surface area (Å²) in [5.41, 5.74) is 3.71. The van der Waals surface area contributed by atoms with Crippen LogP contribution in [0.3, 0.4) is 0 Å². The highest BCUT2D eigenvalue weighted by Crippen LogP contribution is 2.66. The Morgan fingerprint density at radius 3 is 2.75 bits per heavy atom. The number of hydrogen-bond donors (Lipinski definition) is 1. The van der Waals surface area contributed by atoms with Crippen molar-refractivity contribution in [3.8, 4) is 0 Å². The fraction of sp³-hybridized carbons (Fsp3) is 0.720. The first-order chi connectivity index (χ1) is 13.5. The standard InChI is InChI=1S/C25H36N2O/c1-4-17-14-18-15-19(28)8-10-24(18,2)21-9-11-25(3)20(23(17)21)6-7-22(25)27-13-5-12-26-16-27/h5,7,12,14,16-17,19-21,23,28H,4,6,8-11,13,15H2,1-3H3/t17-,19+,20+,21+,23+,24+,25+/m1/s1. The van der Waals surface area contributed by atoms with E-state index in [9.17, 15) is 5.11 Å². The van der Waals surface area contributed by atoms with E-state index in [4.69, 9.17) is 0 Å². The highest BCUT2D eigenvalue weighted by atomic mass is 16.3. The number of allylic oxidation sites excluding steroid dienone is 3. The lowest BCUT2D eigenvalue weighted by Gasteiger charge is -2.60. The van der Waals surface area contributed by atoms with Gasteiger partial charge in [0.1, 0.15) is 0 Å². The van der Waals surface area contributed by atoms with Crippen LogP contribution in [0.1, 0.15) is 65.7 Å². The Kier molecular flexibility index (Phi) is 4.39. The van der Waals surface area contributed by atoms with Crippen LogP contribution in [0.4, 0.5) is 0 Å². The Morgan fingerprint density at radius 2 is 2.00 bits per heavy atom. The molecule has 0 saturated heterocycles. The van der Waals surface area contributed by atoms with Gasteiger partial charge in [0, 0.05) is 23.9 Å². The highest BCUT2D eigenvalue weighted by molar-refractivity contribution is 5.61. The summed E-state index contributed by atoms with van der Waals surface area (Å²) in [6.07, 6.45) is 19.3. The van der Waals surface area contributed by atoms with Gasteiger partial charge in [0.15, 0.2) is 0 Å². The van der Waals surface area contributed by atoms with Crippen molar-refractivity contribution < 1.29 is 5.11 Å². The summed E-state index contributed by atoms with van der Waals surface area (Å²) in [6.45, 7) is 8.40. The molecule has 28 heavy (non-hydrogen) atoms. The summed E-state index contributed by atoms with van der Waals surface area (Å²) in [7, 11) is 0. The number of aliphatic imine (C=N–C) groups is 1. The van der Waals surface area contributed by atoms with E-state index >= 15 is 0 Å². The van der Waals surface area contributed by atoms with Gasteiger partial charge in [0.25, 0.3) is 0 Å². The van der Waals surface area contributed by atoms with Gasteiger partial charge < -0.3 is 10.0 Å². The van der Waals surface area contributed by atoms with Gasteiger partial charge in [-0.05, 0) is 80.1 Å². The topological polar surface area (TPSA) is 35.8 Å². The Balaban J connectivity index is 1.50. The molecule has 0 bridgehead atoms. The third-order valence-electron chi connectivity index (χ3n) is 9.27. The molecule has 3 nitrogen and oxygen atoms in total. The maximum atomic E-state index is 10.3. The summed E-state index contributed by atoms with van der Waals surface area (Å²) in [5.74, 6) is 2.97. The Morgan fingerprint density at radius 1 is 1.18 bits per heavy atom. The first-order valence-electron chi connectivity index (χ1n) is 11.5. The van der Waals surface area contributed by atoms with Crippen LogP contribution in [0, 0.1) is 34.5 Å². The molecule has 1 heterocycles. The Bertz CT molecular complexity index is 765. The van der Waals surface area contributed by atoms with Crippen LogP contribution < -0.4 is 0 Å². The van der Waals surface area contributed by atoms with E-state index in [1.165, 1.54) is 37.8 Å². The lowest BCUT2D eigenvalue weighted by molar-refractivity contribution is -0.0553. The van der Waals surface area contributed by atoms with E-state index in [1.807, 2.05) is 12.5 Å². The minimum Gasteiger partial charge on any atom is -0.393 e. The molecule has 2 fully saturated rings. The quantitative estimate of drug-likeness (QED) is 0.660. The van der Waals surface area contributed by atoms with Crippen LogP contribution in [0.15, 0.2) is 40.7 Å². The van der Waals surface area contributed by atoms with Crippen LogP contribution in [0.25, 0.3) is 0 Å². The van der Waals surface area contributed by atoms with Gasteiger partial charge in [0.2, 0.25) is 0 Å². The van der Waals surface area contributed by atoms with Crippen molar-refractivity contribution >= 4 is 6.34 Å². The second-order valence-corrected chi connectivity index (χ2v) is 10.5. The van der Waals surface area contributed by atoms with Gasteiger partial charge in [-0.15, -0.1) is 0 Å². The molecule has 2 saturated carbocycles. The minimum absolute atomic E-state index is 0.117. The molecule has 0 aromatic heterocycles. The third-order valence-corrected chi connectivity index (χ3v) is 9.27. The van der Waals surface area contributed by atoms with Crippen molar-refractivity contribution in [1.29, 1.82) is 0 Å². The predicted octanol–water partition coefficient (Wildman–Crippen LogP) is 5.30. The first-order valence-corrected chi connectivity index (χ1v) is 11.5. The molecule has 1 aliphatic heterocycles. The predicted molar refractivity (Wildman–Crippen MR) is 115 cm³/mol. The average molecular weight is 381 g/mol. The van der Waals surface area contributed by atoms with Gasteiger partial charge in [-0.25, -0.2) is 4.99 Å². The third kappa shape index (κ3) is 2.54. The molecule has 4 aliphatic carbocycles. The van der Waals surface area contributed by atoms with Crippen molar-refractivity contribution in [1.82, 2.24) is 4.90 Å². The lowest BCUT2D eigenvalue weighted by Crippen LogP contribution is -2.53. The van der Waals surface area contributed by atoms with Gasteiger partial charge in [-0.3, -0.25) is 0 Å². The van der Waals surface area contributed by atoms with Crippen LogP contribution in [-0.2, 0) is 0 Å². The molecule has 1 N–H and O–H groups in total. The van der Waals surface area contributed by atoms with Gasteiger partial charge >= 0.3 is 0 Å². The summed E-state index contributed by atoms with van der Waals surface area (Å²) in [6, 6.07) is 0. The molecule has 0 aromatic rings. The molecule has 3 heteroatoms. The summed E-state index contributed by atoms with van der Waals surface area (Å²) in [5, 5.41) is 10.3. The molecule has 5 aliphatic rings. The molecular formula is C25H36N2O. The van der Waals surface area contributed by atoms with Crippen molar-refractivity contribution in [2.75, 3.05) is 6.54 Å². The molecule has 0 spiro atoms. The number of hydrogen-bond acceptors (Lipinski definition) is 3. The summed E-state index contributed by atoms with van der Waals surface area (Å²) >= 11 is 0. The minimum atomic E-state index is -0.117. The van der Waals surface area contributed by atoms with Gasteiger partial charge in [-0.1, -0.05) is 38.5 Å². The van der Waals surface area contributed by atoms with E-state index < -0.39 is 0 Å². The molecule has 0 unspecified atom stereocenters. The van der Waals surface area contributed by atoms with Gasteiger partial charge in [0.05, 0.1) is 12.4 Å².